The first-order chi connectivity index (χ1) is 17.6. The molecule has 3 N–H and O–H groups in total. The van der Waals surface area contributed by atoms with Gasteiger partial charge in [0.1, 0.15) is 10.8 Å². The van der Waals surface area contributed by atoms with Crippen LogP contribution in [0.4, 0.5) is 11.6 Å². The number of hydrogen-bond acceptors (Lipinski definition) is 7. The summed E-state index contributed by atoms with van der Waals surface area (Å²) >= 11 is 7.81. The Bertz CT molecular complexity index is 1340. The Morgan fingerprint density at radius 1 is 1.19 bits per heavy atom. The van der Waals surface area contributed by atoms with Crippen LogP contribution in [0.1, 0.15) is 50.4 Å². The van der Waals surface area contributed by atoms with E-state index in [-0.39, 0.29) is 16.2 Å². The second kappa shape index (κ2) is 10.2. The van der Waals surface area contributed by atoms with Crippen LogP contribution in [-0.2, 0) is 22.8 Å². The van der Waals surface area contributed by atoms with E-state index in [0.29, 0.717) is 15.9 Å². The van der Waals surface area contributed by atoms with Gasteiger partial charge in [0, 0.05) is 35.6 Å². The van der Waals surface area contributed by atoms with E-state index in [1.807, 2.05) is 33.8 Å². The van der Waals surface area contributed by atoms with E-state index in [9.17, 15) is 4.21 Å². The van der Waals surface area contributed by atoms with Crippen molar-refractivity contribution in [2.45, 2.75) is 73.1 Å². The van der Waals surface area contributed by atoms with E-state index in [2.05, 4.69) is 43.9 Å². The molecule has 1 aromatic carbocycles. The molecule has 1 fully saturated rings. The number of pyridine rings is 1. The van der Waals surface area contributed by atoms with Crippen molar-refractivity contribution < 1.29 is 4.21 Å². The third kappa shape index (κ3) is 5.11. The molecule has 196 valence electrons. The summed E-state index contributed by atoms with van der Waals surface area (Å²) in [4.78, 5) is 16.7. The summed E-state index contributed by atoms with van der Waals surface area (Å²) in [5.41, 5.74) is 9.79. The molecule has 0 amide bonds. The Morgan fingerprint density at radius 2 is 1.92 bits per heavy atom. The van der Waals surface area contributed by atoms with Gasteiger partial charge in [-0.1, -0.05) is 47.6 Å². The van der Waals surface area contributed by atoms with Crippen LogP contribution >= 0.6 is 23.4 Å². The fraction of sp³-hybridized carbons (Fsp3) is 0.444. The molecule has 3 aromatic rings. The number of halogens is 1. The number of hydrogen-bond donors (Lipinski definition) is 2. The highest BCUT2D eigenvalue weighted by Gasteiger charge is 2.49. The molecule has 1 aliphatic carbocycles. The van der Waals surface area contributed by atoms with E-state index in [4.69, 9.17) is 22.3 Å². The number of nitrogens with zero attached hydrogens (tertiary/aromatic N) is 4. The lowest BCUT2D eigenvalue weighted by molar-refractivity contribution is 0.279. The van der Waals surface area contributed by atoms with Crippen molar-refractivity contribution in [2.24, 2.45) is 0 Å². The summed E-state index contributed by atoms with van der Waals surface area (Å²) in [6.45, 7) is 9.57. The zero-order valence-corrected chi connectivity index (χ0v) is 24.0. The largest absolute Gasteiger partial charge is 0.381 e. The predicted molar refractivity (Wildman–Crippen MR) is 153 cm³/mol. The van der Waals surface area contributed by atoms with Gasteiger partial charge in [0.25, 0.3) is 0 Å². The Balaban J connectivity index is 1.34. The number of benzene rings is 1. The molecule has 2 atom stereocenters. The molecule has 0 saturated carbocycles. The zero-order valence-electron chi connectivity index (χ0n) is 21.6. The fourth-order valence-corrected chi connectivity index (χ4v) is 7.30. The second-order valence-electron chi connectivity index (χ2n) is 10.8. The van der Waals surface area contributed by atoms with Crippen LogP contribution in [-0.4, -0.2) is 43.0 Å². The first kappa shape index (κ1) is 26.4. The van der Waals surface area contributed by atoms with Crippen LogP contribution < -0.4 is 15.4 Å². The molecule has 7 nitrogen and oxygen atoms in total. The van der Waals surface area contributed by atoms with E-state index in [0.717, 1.165) is 48.8 Å². The minimum absolute atomic E-state index is 0.0568. The molecule has 2 aromatic heterocycles. The van der Waals surface area contributed by atoms with Gasteiger partial charge in [-0.2, -0.15) is 0 Å². The third-order valence-corrected chi connectivity index (χ3v) is 10.7. The molecule has 0 unspecified atom stereocenters. The summed E-state index contributed by atoms with van der Waals surface area (Å²) in [5, 5.41) is 1.23. The Labute approximate surface area is 230 Å². The monoisotopic (exact) mass is 556 g/mol. The topological polar surface area (TPSA) is 97.0 Å². The molecule has 0 bridgehead atoms. The summed E-state index contributed by atoms with van der Waals surface area (Å²) in [5.74, 6) is 1.17. The maximum Gasteiger partial charge on any atom is 0.158 e. The number of rotatable bonds is 5. The average molecular weight is 557 g/mol. The van der Waals surface area contributed by atoms with Crippen molar-refractivity contribution in [1.29, 1.82) is 0 Å². The van der Waals surface area contributed by atoms with E-state index < -0.39 is 11.0 Å². The highest BCUT2D eigenvalue weighted by atomic mass is 35.5. The number of anilines is 2. The van der Waals surface area contributed by atoms with Crippen molar-refractivity contribution in [3.63, 3.8) is 0 Å². The lowest BCUT2D eigenvalue weighted by Crippen LogP contribution is -2.54. The normalized spacial score (nSPS) is 19.7. The van der Waals surface area contributed by atoms with Crippen LogP contribution in [0.15, 0.2) is 52.6 Å². The highest BCUT2D eigenvalue weighted by molar-refractivity contribution is 7.99. The molecule has 2 aliphatic rings. The van der Waals surface area contributed by atoms with Crippen LogP contribution in [0.3, 0.4) is 0 Å². The van der Waals surface area contributed by atoms with Gasteiger partial charge >= 0.3 is 0 Å². The van der Waals surface area contributed by atoms with Crippen molar-refractivity contribution in [2.75, 3.05) is 23.7 Å². The van der Waals surface area contributed by atoms with Crippen LogP contribution in [0, 0.1) is 6.92 Å². The molecule has 1 aliphatic heterocycles. The summed E-state index contributed by atoms with van der Waals surface area (Å²) in [7, 11) is -1.13. The molecule has 3 heterocycles. The number of fused-ring (bicyclic) bond motifs is 2. The van der Waals surface area contributed by atoms with Gasteiger partial charge in [0.05, 0.1) is 32.6 Å². The summed E-state index contributed by atoms with van der Waals surface area (Å²) < 4.78 is 16.3. The molecule has 5 rings (SSSR count). The number of nitrogen functional groups attached to an aromatic ring is 1. The molecular weight excluding hydrogens is 524 g/mol. The van der Waals surface area contributed by atoms with Crippen LogP contribution in [0.5, 0.6) is 0 Å². The Morgan fingerprint density at radius 3 is 2.62 bits per heavy atom. The molecular formula is C27H33ClN6OS2. The number of nitrogens with two attached hydrogens (primary N) is 1. The Hall–Kier alpha value is -2.20. The first-order valence-corrected chi connectivity index (χ1v) is 14.9. The molecule has 1 saturated heterocycles. The quantitative estimate of drug-likeness (QED) is 0.452. The lowest BCUT2D eigenvalue weighted by atomic mass is 9.71. The molecule has 37 heavy (non-hydrogen) atoms. The SMILES string of the molecule is Cc1nccc(Sc2ncc(N3CCC4(CC3)c3ccccc3C[C@H]4N[S@@](=O)C(C)(C)C)nc2N)c1Cl. The standard InChI is InChI=1S/C27H33ClN6OS2/c1-17-23(28)20(9-12-30-17)36-25-24(29)32-22(16-31-25)34-13-10-27(11-14-34)19-8-6-5-7-18(19)15-21(27)33-37(35)26(2,3)4/h5-9,12,16,21,33H,10-11,13-15H2,1-4H3,(H2,29,32)/t21-,37+/m1/s1. The number of aromatic nitrogens is 3. The predicted octanol–water partition coefficient (Wildman–Crippen LogP) is 5.08. The van der Waals surface area contributed by atoms with Crippen LogP contribution in [0.25, 0.3) is 0 Å². The second-order valence-corrected chi connectivity index (χ2v) is 14.2. The van der Waals surface area contributed by atoms with Gasteiger partial charge in [-0.3, -0.25) is 4.98 Å². The molecule has 10 heteroatoms. The number of nitrogens with one attached hydrogen (secondary N) is 1. The van der Waals surface area contributed by atoms with Gasteiger partial charge in [-0.05, 0) is 64.2 Å². The zero-order chi connectivity index (χ0) is 26.4. The molecule has 1 spiro atoms. The van der Waals surface area contributed by atoms with Crippen molar-refractivity contribution >= 4 is 46.0 Å². The molecule has 0 radical (unpaired) electrons. The van der Waals surface area contributed by atoms with Crippen molar-refractivity contribution in [3.05, 3.63) is 64.6 Å². The van der Waals surface area contributed by atoms with Crippen molar-refractivity contribution in [3.8, 4) is 0 Å². The van der Waals surface area contributed by atoms with Crippen LogP contribution in [0.2, 0.25) is 5.02 Å². The van der Waals surface area contributed by atoms with Gasteiger partial charge in [0.15, 0.2) is 5.82 Å². The Kier molecular flexibility index (Phi) is 7.26. The average Bonchev–Trinajstić information content (AvgIpc) is 3.15. The lowest BCUT2D eigenvalue weighted by Gasteiger charge is -2.44. The number of aryl methyl sites for hydroxylation is 1. The summed E-state index contributed by atoms with van der Waals surface area (Å²) in [6, 6.07) is 10.7. The number of piperidine rings is 1. The first-order valence-electron chi connectivity index (χ1n) is 12.5. The van der Waals surface area contributed by atoms with Gasteiger partial charge in [-0.15, -0.1) is 0 Å². The summed E-state index contributed by atoms with van der Waals surface area (Å²) in [6.07, 6.45) is 6.30. The van der Waals surface area contributed by atoms with E-state index in [1.165, 1.54) is 22.9 Å². The van der Waals surface area contributed by atoms with Gasteiger partial charge in [0.2, 0.25) is 0 Å². The maximum absolute atomic E-state index is 13.1. The van der Waals surface area contributed by atoms with E-state index >= 15 is 0 Å². The van der Waals surface area contributed by atoms with E-state index in [1.54, 1.807) is 12.4 Å². The smallest absolute Gasteiger partial charge is 0.158 e. The maximum atomic E-state index is 13.1. The minimum Gasteiger partial charge on any atom is -0.381 e. The minimum atomic E-state index is -1.13. The van der Waals surface area contributed by atoms with Gasteiger partial charge < -0.3 is 10.6 Å². The van der Waals surface area contributed by atoms with Gasteiger partial charge in [-0.25, -0.2) is 18.9 Å². The van der Waals surface area contributed by atoms with Crippen molar-refractivity contribution in [1.82, 2.24) is 19.7 Å². The fourth-order valence-electron chi connectivity index (χ4n) is 5.32. The highest BCUT2D eigenvalue weighted by Crippen LogP contribution is 2.47. The third-order valence-electron chi connectivity index (χ3n) is 7.42.